The Morgan fingerprint density at radius 1 is 1.06 bits per heavy atom. The third-order valence-corrected chi connectivity index (χ3v) is 8.95. The zero-order valence-electron chi connectivity index (χ0n) is 20.8. The van der Waals surface area contributed by atoms with Crippen molar-refractivity contribution in [1.29, 1.82) is 0 Å². The first-order valence-corrected chi connectivity index (χ1v) is 13.4. The number of hydrogen-bond donors (Lipinski definition) is 0. The molecule has 0 N–H and O–H groups in total. The molecule has 1 aromatic heterocycles. The molecule has 1 spiro atoms. The highest BCUT2D eigenvalue weighted by Gasteiger charge is 2.51. The monoisotopic (exact) mass is 491 g/mol. The summed E-state index contributed by atoms with van der Waals surface area (Å²) in [7, 11) is 0. The number of esters is 1. The molecule has 6 rings (SSSR count). The topological polar surface area (TPSA) is 57.7 Å². The van der Waals surface area contributed by atoms with Crippen molar-refractivity contribution in [3.63, 3.8) is 0 Å². The van der Waals surface area contributed by atoms with Gasteiger partial charge in [-0.2, -0.15) is 0 Å². The van der Waals surface area contributed by atoms with Gasteiger partial charge in [-0.1, -0.05) is 24.3 Å². The first-order chi connectivity index (χ1) is 17.5. The number of carbonyl (C=O) groups excluding carboxylic acids is 1. The quantitative estimate of drug-likeness (QED) is 0.490. The first kappa shape index (κ1) is 23.8. The summed E-state index contributed by atoms with van der Waals surface area (Å²) in [4.78, 5) is 17.5. The lowest BCUT2D eigenvalue weighted by atomic mass is 9.61. The maximum Gasteiger partial charge on any atom is 0.309 e. The molecule has 0 amide bonds. The molecule has 0 unspecified atom stereocenters. The molecule has 190 valence electrons. The summed E-state index contributed by atoms with van der Waals surface area (Å²) in [5.41, 5.74) is 2.58. The third-order valence-electron chi connectivity index (χ3n) is 8.95. The number of pyridine rings is 1. The van der Waals surface area contributed by atoms with Crippen LogP contribution in [0.15, 0.2) is 48.7 Å². The van der Waals surface area contributed by atoms with Crippen LogP contribution in [0.2, 0.25) is 0 Å². The largest absolute Gasteiger partial charge is 0.462 e. The van der Waals surface area contributed by atoms with Gasteiger partial charge in [0.15, 0.2) is 5.79 Å². The van der Waals surface area contributed by atoms with Crippen molar-refractivity contribution in [2.45, 2.75) is 57.3 Å². The van der Waals surface area contributed by atoms with Crippen LogP contribution in [0.25, 0.3) is 17.2 Å². The minimum absolute atomic E-state index is 0.0246. The molecule has 6 heteroatoms. The number of nitrogens with zero attached hydrogens (tertiary/aromatic N) is 1. The molecule has 2 saturated heterocycles. The van der Waals surface area contributed by atoms with Gasteiger partial charge in [-0.05, 0) is 80.2 Å². The molecule has 1 aromatic carbocycles. The van der Waals surface area contributed by atoms with Gasteiger partial charge in [-0.15, -0.1) is 0 Å². The number of hydrogen-bond acceptors (Lipinski definition) is 5. The number of aromatic nitrogens is 1. The molecular weight excluding hydrogens is 457 g/mol. The Morgan fingerprint density at radius 3 is 2.69 bits per heavy atom. The smallest absolute Gasteiger partial charge is 0.309 e. The Labute approximate surface area is 212 Å². The van der Waals surface area contributed by atoms with Crippen molar-refractivity contribution in [2.24, 2.45) is 29.6 Å². The van der Waals surface area contributed by atoms with Crippen LogP contribution in [0.4, 0.5) is 4.39 Å². The number of fused-ring (bicyclic) bond motifs is 4. The molecule has 6 atom stereocenters. The van der Waals surface area contributed by atoms with Crippen molar-refractivity contribution in [3.05, 3.63) is 60.2 Å². The fourth-order valence-electron chi connectivity index (χ4n) is 7.15. The van der Waals surface area contributed by atoms with Gasteiger partial charge in [0.25, 0.3) is 0 Å². The van der Waals surface area contributed by atoms with Crippen molar-refractivity contribution < 1.29 is 23.4 Å². The minimum atomic E-state index is -0.466. The predicted molar refractivity (Wildman–Crippen MR) is 134 cm³/mol. The van der Waals surface area contributed by atoms with E-state index in [2.05, 4.69) is 24.1 Å². The summed E-state index contributed by atoms with van der Waals surface area (Å²) in [5, 5.41) is 0. The van der Waals surface area contributed by atoms with Crippen molar-refractivity contribution in [2.75, 3.05) is 13.2 Å². The fraction of sp³-hybridized carbons (Fsp3) is 0.533. The molecule has 4 fully saturated rings. The highest BCUT2D eigenvalue weighted by atomic mass is 19.1. The molecule has 2 aliphatic heterocycles. The van der Waals surface area contributed by atoms with E-state index in [-0.39, 0.29) is 29.7 Å². The van der Waals surface area contributed by atoms with Gasteiger partial charge in [-0.25, -0.2) is 4.39 Å². The molecule has 5 nitrogen and oxygen atoms in total. The Hall–Kier alpha value is -2.57. The van der Waals surface area contributed by atoms with Crippen LogP contribution in [0.3, 0.4) is 0 Å². The molecule has 2 bridgehead atoms. The second kappa shape index (κ2) is 9.71. The molecule has 2 aliphatic carbocycles. The number of halogens is 1. The number of rotatable bonds is 3. The highest BCUT2D eigenvalue weighted by Crippen LogP contribution is 2.52. The lowest BCUT2D eigenvalue weighted by Gasteiger charge is -2.47. The van der Waals surface area contributed by atoms with E-state index in [9.17, 15) is 9.18 Å². The van der Waals surface area contributed by atoms with Gasteiger partial charge in [0.1, 0.15) is 11.9 Å². The molecule has 2 saturated carbocycles. The van der Waals surface area contributed by atoms with Crippen LogP contribution >= 0.6 is 0 Å². The minimum Gasteiger partial charge on any atom is -0.462 e. The average molecular weight is 492 g/mol. The summed E-state index contributed by atoms with van der Waals surface area (Å²) in [6.07, 6.45) is 11.6. The van der Waals surface area contributed by atoms with Crippen molar-refractivity contribution >= 4 is 12.0 Å². The summed E-state index contributed by atoms with van der Waals surface area (Å²) in [6.45, 7) is 3.37. The summed E-state index contributed by atoms with van der Waals surface area (Å²) < 4.78 is 31.8. The number of cyclic esters (lactones) is 1. The average Bonchev–Trinajstić information content (AvgIpc) is 3.27. The van der Waals surface area contributed by atoms with E-state index in [1.807, 2.05) is 18.2 Å². The standard InChI is InChI=1S/C30H34FNO4/c1-19-26-9-6-21(29(33)36-19)15-23-17-30(34-13-14-35-30)12-11-27(23)28(26)10-8-25-7-5-22(18-32-25)20-3-2-4-24(31)16-20/h2-5,7-8,10,16,18-19,21,23,26-28H,6,9,11-15,17H2,1H3/b10-8+/t19-,21-,23-,26-,27-,28-/m1/s1. The van der Waals surface area contributed by atoms with E-state index in [4.69, 9.17) is 14.2 Å². The molecule has 4 aliphatic rings. The van der Waals surface area contributed by atoms with Gasteiger partial charge < -0.3 is 14.2 Å². The molecule has 2 aromatic rings. The van der Waals surface area contributed by atoms with Gasteiger partial charge in [0.2, 0.25) is 0 Å². The number of benzene rings is 1. The Balaban J connectivity index is 1.28. The summed E-state index contributed by atoms with van der Waals surface area (Å²) >= 11 is 0. The van der Waals surface area contributed by atoms with Crippen LogP contribution in [-0.2, 0) is 19.0 Å². The van der Waals surface area contributed by atoms with E-state index in [1.54, 1.807) is 12.3 Å². The van der Waals surface area contributed by atoms with Crippen LogP contribution < -0.4 is 0 Å². The predicted octanol–water partition coefficient (Wildman–Crippen LogP) is 6.04. The number of carbonyl (C=O) groups is 1. The molecule has 36 heavy (non-hydrogen) atoms. The summed E-state index contributed by atoms with van der Waals surface area (Å²) in [6, 6.07) is 10.5. The van der Waals surface area contributed by atoms with E-state index < -0.39 is 5.79 Å². The van der Waals surface area contributed by atoms with Gasteiger partial charge in [0, 0.05) is 30.5 Å². The van der Waals surface area contributed by atoms with Gasteiger partial charge >= 0.3 is 5.97 Å². The highest BCUT2D eigenvalue weighted by molar-refractivity contribution is 5.73. The van der Waals surface area contributed by atoms with Crippen LogP contribution in [-0.4, -0.2) is 36.1 Å². The van der Waals surface area contributed by atoms with E-state index in [0.29, 0.717) is 31.0 Å². The summed E-state index contributed by atoms with van der Waals surface area (Å²) in [5.74, 6) is 0.621. The van der Waals surface area contributed by atoms with E-state index >= 15 is 0 Å². The number of ether oxygens (including phenoxy) is 3. The first-order valence-electron chi connectivity index (χ1n) is 13.4. The maximum atomic E-state index is 13.6. The van der Waals surface area contributed by atoms with Crippen molar-refractivity contribution in [3.8, 4) is 11.1 Å². The fourth-order valence-corrected chi connectivity index (χ4v) is 7.15. The van der Waals surface area contributed by atoms with Gasteiger partial charge in [0.05, 0.1) is 24.8 Å². The second-order valence-corrected chi connectivity index (χ2v) is 11.0. The van der Waals surface area contributed by atoms with Crippen LogP contribution in [0, 0.1) is 35.4 Å². The second-order valence-electron chi connectivity index (χ2n) is 11.0. The third kappa shape index (κ3) is 4.61. The zero-order valence-corrected chi connectivity index (χ0v) is 20.8. The van der Waals surface area contributed by atoms with E-state index in [0.717, 1.165) is 55.3 Å². The van der Waals surface area contributed by atoms with E-state index in [1.165, 1.54) is 12.1 Å². The SMILES string of the molecule is C[C@H]1OC(=O)[C@@H]2CC[C@H]1[C@@H](/C=C/c1ccc(-c3cccc(F)c3)cn1)[C@@H]1CCC3(C[C@H]1C2)OCCO3. The maximum absolute atomic E-state index is 13.6. The Bertz CT molecular complexity index is 1130. The molecular formula is C30H34FNO4. The van der Waals surface area contributed by atoms with Gasteiger partial charge in [-0.3, -0.25) is 9.78 Å². The van der Waals surface area contributed by atoms with Crippen LogP contribution in [0.5, 0.6) is 0 Å². The molecule has 3 heterocycles. The van der Waals surface area contributed by atoms with Crippen molar-refractivity contribution in [1.82, 2.24) is 4.98 Å². The zero-order chi connectivity index (χ0) is 24.7. The Kier molecular flexibility index (Phi) is 6.42. The molecule has 0 radical (unpaired) electrons. The normalized spacial score (nSPS) is 33.7. The van der Waals surface area contributed by atoms with Crippen LogP contribution in [0.1, 0.15) is 51.1 Å². The lowest BCUT2D eigenvalue weighted by Crippen LogP contribution is -2.45. The Morgan fingerprint density at radius 2 is 1.92 bits per heavy atom. The lowest BCUT2D eigenvalue weighted by molar-refractivity contribution is -0.200. The number of allylic oxidation sites excluding steroid dienone is 1.